The molecule has 80 valence electrons. The molecule has 2 N–H and O–H groups in total. The summed E-state index contributed by atoms with van der Waals surface area (Å²) in [6.45, 7) is 5.00. The third-order valence-corrected chi connectivity index (χ3v) is 3.78. The molecule has 4 nitrogen and oxygen atoms in total. The summed E-state index contributed by atoms with van der Waals surface area (Å²) in [7, 11) is 1.73. The van der Waals surface area contributed by atoms with Gasteiger partial charge in [0.25, 0.3) is 0 Å². The smallest absolute Gasteiger partial charge is 0.241 e. The number of nitrogens with zero attached hydrogens (tertiary/aromatic N) is 1. The Morgan fingerprint density at radius 1 is 1.57 bits per heavy atom. The summed E-state index contributed by atoms with van der Waals surface area (Å²) in [6.07, 6.45) is 1.22. The van der Waals surface area contributed by atoms with Crippen molar-refractivity contribution in [2.45, 2.75) is 38.5 Å². The first-order chi connectivity index (χ1) is 6.48. The van der Waals surface area contributed by atoms with E-state index in [0.717, 1.165) is 6.42 Å². The van der Waals surface area contributed by atoms with Crippen LogP contribution in [-0.4, -0.2) is 42.6 Å². The first-order valence-electron chi connectivity index (χ1n) is 5.07. The second-order valence-corrected chi connectivity index (χ2v) is 4.89. The van der Waals surface area contributed by atoms with Gasteiger partial charge in [-0.1, -0.05) is 13.8 Å². The number of carbonyl (C=O) groups excluding carboxylic acids is 1. The van der Waals surface area contributed by atoms with Crippen LogP contribution in [0.5, 0.6) is 0 Å². The van der Waals surface area contributed by atoms with Crippen molar-refractivity contribution >= 4 is 5.91 Å². The van der Waals surface area contributed by atoms with E-state index in [1.54, 1.807) is 7.11 Å². The Morgan fingerprint density at radius 2 is 2.21 bits per heavy atom. The number of hydrogen-bond acceptors (Lipinski definition) is 3. The van der Waals surface area contributed by atoms with Crippen LogP contribution in [0.3, 0.4) is 0 Å². The van der Waals surface area contributed by atoms with E-state index in [9.17, 15) is 4.79 Å². The van der Waals surface area contributed by atoms with Crippen LogP contribution in [-0.2, 0) is 9.53 Å². The molecule has 1 aliphatic heterocycles. The highest BCUT2D eigenvalue weighted by Crippen LogP contribution is 2.46. The number of rotatable bonds is 2. The number of β-lactam (4-membered cyclic amide) rings is 1. The number of amides is 1. The highest BCUT2D eigenvalue weighted by molar-refractivity contribution is 5.88. The van der Waals surface area contributed by atoms with E-state index in [2.05, 4.69) is 13.8 Å². The third kappa shape index (κ3) is 1.10. The normalized spacial score (nSPS) is 40.4. The number of methoxy groups -OCH3 is 1. The molecule has 4 heteroatoms. The van der Waals surface area contributed by atoms with Crippen molar-refractivity contribution in [2.75, 3.05) is 13.7 Å². The van der Waals surface area contributed by atoms with Crippen LogP contribution in [0.25, 0.3) is 0 Å². The molecule has 1 saturated carbocycles. The minimum Gasteiger partial charge on any atom is -0.381 e. The molecule has 0 aromatic heterocycles. The Kier molecular flexibility index (Phi) is 2.08. The molecule has 0 aromatic rings. The number of ether oxygens (including phenoxy) is 1. The van der Waals surface area contributed by atoms with Crippen molar-refractivity contribution in [1.29, 1.82) is 0 Å². The molecule has 3 unspecified atom stereocenters. The van der Waals surface area contributed by atoms with Gasteiger partial charge in [0.2, 0.25) is 5.91 Å². The minimum absolute atomic E-state index is 0.0740. The first-order valence-corrected chi connectivity index (χ1v) is 5.07. The number of carbonyl (C=O) groups is 1. The van der Waals surface area contributed by atoms with Gasteiger partial charge >= 0.3 is 0 Å². The van der Waals surface area contributed by atoms with E-state index < -0.39 is 0 Å². The van der Waals surface area contributed by atoms with Gasteiger partial charge in [0.15, 0.2) is 0 Å². The molecule has 3 atom stereocenters. The van der Waals surface area contributed by atoms with Crippen LogP contribution < -0.4 is 5.73 Å². The van der Waals surface area contributed by atoms with Crippen molar-refractivity contribution < 1.29 is 9.53 Å². The van der Waals surface area contributed by atoms with E-state index in [-0.39, 0.29) is 23.5 Å². The molecule has 1 heterocycles. The summed E-state index contributed by atoms with van der Waals surface area (Å²) >= 11 is 0. The molecule has 1 amide bonds. The number of nitrogens with two attached hydrogens (primary N) is 1. The van der Waals surface area contributed by atoms with Crippen molar-refractivity contribution in [3.8, 4) is 0 Å². The van der Waals surface area contributed by atoms with Crippen LogP contribution in [0, 0.1) is 5.41 Å². The van der Waals surface area contributed by atoms with Crippen molar-refractivity contribution in [2.24, 2.45) is 11.1 Å². The second-order valence-electron chi connectivity index (χ2n) is 4.89. The van der Waals surface area contributed by atoms with Crippen LogP contribution in [0.4, 0.5) is 0 Å². The summed E-state index contributed by atoms with van der Waals surface area (Å²) in [5.41, 5.74) is 5.64. The van der Waals surface area contributed by atoms with Crippen molar-refractivity contribution in [3.63, 3.8) is 0 Å². The summed E-state index contributed by atoms with van der Waals surface area (Å²) in [4.78, 5) is 13.3. The van der Waals surface area contributed by atoms with Crippen LogP contribution in [0.2, 0.25) is 0 Å². The molecule has 2 aliphatic rings. The van der Waals surface area contributed by atoms with Crippen molar-refractivity contribution in [3.05, 3.63) is 0 Å². The van der Waals surface area contributed by atoms with E-state index >= 15 is 0 Å². The standard InChI is InChI=1S/C10H18N2O2/c1-10(2)7(4-8(10)14-3)12-5-6(11)9(12)13/h6-8H,4-5,11H2,1-3H3. The van der Waals surface area contributed by atoms with E-state index in [4.69, 9.17) is 10.5 Å². The second kappa shape index (κ2) is 2.94. The maximum absolute atomic E-state index is 11.4. The number of likely N-dealkylation sites (tertiary alicyclic amines) is 1. The molecule has 0 radical (unpaired) electrons. The maximum Gasteiger partial charge on any atom is 0.241 e. The fraction of sp³-hybridized carbons (Fsp3) is 0.900. The van der Waals surface area contributed by atoms with E-state index in [1.807, 2.05) is 4.90 Å². The molecule has 1 aliphatic carbocycles. The zero-order valence-corrected chi connectivity index (χ0v) is 8.99. The summed E-state index contributed by atoms with van der Waals surface area (Å²) < 4.78 is 5.34. The topological polar surface area (TPSA) is 55.6 Å². The van der Waals surface area contributed by atoms with Crippen LogP contribution in [0.15, 0.2) is 0 Å². The Morgan fingerprint density at radius 3 is 2.57 bits per heavy atom. The van der Waals surface area contributed by atoms with Crippen molar-refractivity contribution in [1.82, 2.24) is 4.90 Å². The summed E-state index contributed by atoms with van der Waals surface area (Å²) in [5, 5.41) is 0. The number of hydrogen-bond donors (Lipinski definition) is 1. The molecule has 14 heavy (non-hydrogen) atoms. The van der Waals surface area contributed by atoms with E-state index in [1.165, 1.54) is 0 Å². The van der Waals surface area contributed by atoms with Gasteiger partial charge in [-0.05, 0) is 6.42 Å². The maximum atomic E-state index is 11.4. The van der Waals surface area contributed by atoms with Gasteiger partial charge in [-0.2, -0.15) is 0 Å². The highest BCUT2D eigenvalue weighted by atomic mass is 16.5. The SMILES string of the molecule is COC1CC(N2CC(N)C2=O)C1(C)C. The van der Waals surface area contributed by atoms with Crippen LogP contribution >= 0.6 is 0 Å². The average Bonchev–Trinajstić information content (AvgIpc) is 2.15. The molecular formula is C10H18N2O2. The molecule has 0 bridgehead atoms. The van der Waals surface area contributed by atoms with Crippen LogP contribution in [0.1, 0.15) is 20.3 Å². The molecular weight excluding hydrogens is 180 g/mol. The monoisotopic (exact) mass is 198 g/mol. The predicted molar refractivity (Wildman–Crippen MR) is 52.7 cm³/mol. The highest BCUT2D eigenvalue weighted by Gasteiger charge is 2.55. The first kappa shape index (κ1) is 9.93. The fourth-order valence-corrected chi connectivity index (χ4v) is 2.55. The molecule has 2 rings (SSSR count). The Bertz CT molecular complexity index is 265. The fourth-order valence-electron chi connectivity index (χ4n) is 2.55. The summed E-state index contributed by atoms with van der Waals surface area (Å²) in [5.74, 6) is 0.0950. The van der Waals surface area contributed by atoms with Gasteiger partial charge in [-0.3, -0.25) is 4.79 Å². The lowest BCUT2D eigenvalue weighted by atomic mass is 9.63. The average molecular weight is 198 g/mol. The summed E-state index contributed by atoms with van der Waals surface area (Å²) in [6, 6.07) is 0.0622. The molecule has 0 aromatic carbocycles. The van der Waals surface area contributed by atoms with Gasteiger partial charge in [0, 0.05) is 25.1 Å². The van der Waals surface area contributed by atoms with Gasteiger partial charge in [-0.15, -0.1) is 0 Å². The molecule has 1 saturated heterocycles. The lowest BCUT2D eigenvalue weighted by Gasteiger charge is -2.58. The van der Waals surface area contributed by atoms with Gasteiger partial charge < -0.3 is 15.4 Å². The zero-order chi connectivity index (χ0) is 10.5. The quantitative estimate of drug-likeness (QED) is 0.634. The lowest BCUT2D eigenvalue weighted by Crippen LogP contribution is -2.72. The molecule has 2 fully saturated rings. The Balaban J connectivity index is 2.00. The minimum atomic E-state index is -0.257. The predicted octanol–water partition coefficient (Wildman–Crippen LogP) is -0.0306. The Labute approximate surface area is 84.4 Å². The third-order valence-electron chi connectivity index (χ3n) is 3.78. The largest absolute Gasteiger partial charge is 0.381 e. The van der Waals surface area contributed by atoms with E-state index in [0.29, 0.717) is 12.6 Å². The van der Waals surface area contributed by atoms with Gasteiger partial charge in [0.05, 0.1) is 6.10 Å². The molecule has 0 spiro atoms. The lowest BCUT2D eigenvalue weighted by molar-refractivity contribution is -0.176. The zero-order valence-electron chi connectivity index (χ0n) is 8.99. The van der Waals surface area contributed by atoms with Gasteiger partial charge in [0.1, 0.15) is 6.04 Å². The van der Waals surface area contributed by atoms with Gasteiger partial charge in [-0.25, -0.2) is 0 Å². The Hall–Kier alpha value is -0.610.